The first-order valence-electron chi connectivity index (χ1n) is 12.1. The van der Waals surface area contributed by atoms with Crippen molar-refractivity contribution in [2.75, 3.05) is 26.8 Å². The van der Waals surface area contributed by atoms with Crippen molar-refractivity contribution in [3.8, 4) is 11.6 Å². The van der Waals surface area contributed by atoms with Gasteiger partial charge in [0.05, 0.1) is 0 Å². The highest BCUT2D eigenvalue weighted by molar-refractivity contribution is 9.10. The van der Waals surface area contributed by atoms with Gasteiger partial charge in [-0.1, -0.05) is 12.1 Å². The van der Waals surface area contributed by atoms with E-state index in [1.807, 2.05) is 30.3 Å². The zero-order valence-electron chi connectivity index (χ0n) is 20.6. The molecule has 3 rings (SSSR count). The molecular weight excluding hydrogens is 548 g/mol. The molecule has 10 heteroatoms. The van der Waals surface area contributed by atoms with Gasteiger partial charge in [-0.05, 0) is 84.3 Å². The van der Waals surface area contributed by atoms with Crippen LogP contribution in [0.4, 0.5) is 0 Å². The average molecular weight is 584 g/mol. The zero-order valence-corrected chi connectivity index (χ0v) is 23.0. The number of aromatic nitrogens is 1. The average Bonchev–Trinajstić information content (AvgIpc) is 2.87. The summed E-state index contributed by atoms with van der Waals surface area (Å²) in [5.74, 6) is 1.22. The number of amides is 2. The third kappa shape index (κ3) is 9.69. The van der Waals surface area contributed by atoms with Crippen LogP contribution < -0.4 is 21.1 Å². The van der Waals surface area contributed by atoms with Crippen LogP contribution in [-0.2, 0) is 20.7 Å². The summed E-state index contributed by atoms with van der Waals surface area (Å²) in [7, 11) is 1.63. The van der Waals surface area contributed by atoms with Gasteiger partial charge >= 0.3 is 0 Å². The summed E-state index contributed by atoms with van der Waals surface area (Å²) in [4.78, 5) is 30.3. The topological polar surface area (TPSA) is 116 Å². The van der Waals surface area contributed by atoms with Crippen molar-refractivity contribution in [3.05, 3.63) is 52.6 Å². The molecule has 36 heavy (non-hydrogen) atoms. The summed E-state index contributed by atoms with van der Waals surface area (Å²) in [6, 6.07) is 10.4. The van der Waals surface area contributed by atoms with Crippen LogP contribution in [0.5, 0.6) is 11.6 Å². The van der Waals surface area contributed by atoms with Gasteiger partial charge in [-0.3, -0.25) is 9.59 Å². The number of nitrogens with zero attached hydrogens (tertiary/aromatic N) is 1. The normalized spacial score (nSPS) is 18.0. The van der Waals surface area contributed by atoms with Crippen LogP contribution in [0, 0.1) is 11.8 Å². The minimum absolute atomic E-state index is 0. The lowest BCUT2D eigenvalue weighted by Crippen LogP contribution is -2.50. The molecule has 4 N–H and O–H groups in total. The van der Waals surface area contributed by atoms with E-state index in [2.05, 4.69) is 31.5 Å². The van der Waals surface area contributed by atoms with E-state index in [1.165, 1.54) is 0 Å². The fraction of sp³-hybridized carbons (Fsp3) is 0.500. The third-order valence-corrected chi connectivity index (χ3v) is 6.74. The van der Waals surface area contributed by atoms with E-state index >= 15 is 0 Å². The van der Waals surface area contributed by atoms with E-state index in [4.69, 9.17) is 15.2 Å². The van der Waals surface area contributed by atoms with Gasteiger partial charge in [0.25, 0.3) is 0 Å². The number of nitrogens with two attached hydrogens (primary N) is 1. The molecule has 1 saturated carbocycles. The Balaban J connectivity index is 0.00000456. The van der Waals surface area contributed by atoms with Gasteiger partial charge < -0.3 is 25.8 Å². The molecule has 1 fully saturated rings. The Labute approximate surface area is 227 Å². The highest BCUT2D eigenvalue weighted by atomic mass is 79.9. The predicted molar refractivity (Wildman–Crippen MR) is 145 cm³/mol. The van der Waals surface area contributed by atoms with E-state index < -0.39 is 6.04 Å². The molecule has 1 heterocycles. The highest BCUT2D eigenvalue weighted by Gasteiger charge is 2.29. The first-order valence-corrected chi connectivity index (χ1v) is 12.9. The van der Waals surface area contributed by atoms with E-state index in [1.54, 1.807) is 19.4 Å². The van der Waals surface area contributed by atoms with E-state index in [0.29, 0.717) is 50.1 Å². The summed E-state index contributed by atoms with van der Waals surface area (Å²) in [6.45, 7) is 1.71. The fourth-order valence-corrected chi connectivity index (χ4v) is 4.46. The summed E-state index contributed by atoms with van der Waals surface area (Å²) in [5.41, 5.74) is 6.67. The van der Waals surface area contributed by atoms with Crippen molar-refractivity contribution in [2.45, 2.75) is 44.6 Å². The van der Waals surface area contributed by atoms with Crippen LogP contribution in [0.25, 0.3) is 0 Å². The molecule has 2 aromatic rings. The lowest BCUT2D eigenvalue weighted by atomic mass is 9.81. The molecule has 0 spiro atoms. The second-order valence-electron chi connectivity index (χ2n) is 8.92. The number of pyridine rings is 1. The molecule has 1 aliphatic carbocycles. The quantitative estimate of drug-likeness (QED) is 0.325. The van der Waals surface area contributed by atoms with Crippen LogP contribution in [0.3, 0.4) is 0 Å². The first-order chi connectivity index (χ1) is 17.0. The Morgan fingerprint density at radius 1 is 1.19 bits per heavy atom. The van der Waals surface area contributed by atoms with Gasteiger partial charge in [0.15, 0.2) is 0 Å². The van der Waals surface area contributed by atoms with Gasteiger partial charge in [-0.15, -0.1) is 12.4 Å². The number of carbonyl (C=O) groups excluding carboxylic acids is 2. The molecule has 1 unspecified atom stereocenters. The number of carbonyl (C=O) groups is 2. The van der Waals surface area contributed by atoms with Crippen molar-refractivity contribution in [2.24, 2.45) is 17.6 Å². The smallest absolute Gasteiger partial charge is 0.242 e. The molecule has 0 bridgehead atoms. The number of methoxy groups -OCH3 is 1. The number of ether oxygens (including phenoxy) is 2. The van der Waals surface area contributed by atoms with Crippen molar-refractivity contribution in [3.63, 3.8) is 0 Å². The van der Waals surface area contributed by atoms with Crippen molar-refractivity contribution >= 4 is 40.2 Å². The van der Waals surface area contributed by atoms with Gasteiger partial charge in [-0.25, -0.2) is 4.98 Å². The van der Waals surface area contributed by atoms with E-state index in [-0.39, 0.29) is 30.1 Å². The fourth-order valence-electron chi connectivity index (χ4n) is 4.23. The van der Waals surface area contributed by atoms with Crippen molar-refractivity contribution < 1.29 is 19.1 Å². The number of nitrogens with one attached hydrogen (secondary N) is 2. The lowest BCUT2D eigenvalue weighted by Gasteiger charge is -2.28. The Morgan fingerprint density at radius 2 is 1.97 bits per heavy atom. The third-order valence-electron chi connectivity index (χ3n) is 6.27. The number of halogens is 2. The number of rotatable bonds is 12. The first kappa shape index (κ1) is 30.0. The zero-order chi connectivity index (χ0) is 25.0. The Bertz CT molecular complexity index is 955. The Kier molecular flexibility index (Phi) is 13.2. The van der Waals surface area contributed by atoms with Crippen LogP contribution in [0.1, 0.15) is 37.7 Å². The predicted octanol–water partition coefficient (Wildman–Crippen LogP) is 4.00. The Morgan fingerprint density at radius 3 is 2.64 bits per heavy atom. The summed E-state index contributed by atoms with van der Waals surface area (Å²) < 4.78 is 11.8. The number of benzene rings is 1. The molecule has 1 aliphatic rings. The molecule has 1 aromatic carbocycles. The van der Waals surface area contributed by atoms with Gasteiger partial charge in [0, 0.05) is 49.3 Å². The number of hydrogen-bond donors (Lipinski definition) is 3. The number of hydrogen-bond acceptors (Lipinski definition) is 6. The second-order valence-corrected chi connectivity index (χ2v) is 9.84. The molecule has 8 nitrogen and oxygen atoms in total. The summed E-state index contributed by atoms with van der Waals surface area (Å²) in [6.07, 6.45) is 6.23. The van der Waals surface area contributed by atoms with E-state index in [0.717, 1.165) is 35.7 Å². The molecule has 0 saturated heterocycles. The maximum atomic E-state index is 13.0. The highest BCUT2D eigenvalue weighted by Crippen LogP contribution is 2.28. The van der Waals surface area contributed by atoms with Crippen molar-refractivity contribution in [1.29, 1.82) is 0 Å². The molecule has 198 valence electrons. The second kappa shape index (κ2) is 15.8. The minimum Gasteiger partial charge on any atom is -0.439 e. The SMILES string of the molecule is COCCCNC(=O)C(Cc1cccc(Oc2ccc(Br)cn2)c1)NC(=O)[C@H]1CC[C@H](CN)CC1.Cl. The molecule has 2 amide bonds. The largest absolute Gasteiger partial charge is 0.439 e. The molecule has 0 aliphatic heterocycles. The van der Waals surface area contributed by atoms with E-state index in [9.17, 15) is 9.59 Å². The Hall–Kier alpha value is -2.20. The standard InChI is InChI=1S/C26H35BrN4O4.ClH/c1-34-13-3-12-29-26(33)23(31-25(32)20-8-6-18(16-28)7-9-20)15-19-4-2-5-22(14-19)35-24-11-10-21(27)17-30-24;/h2,4-5,10-11,14,17-18,20,23H,3,6-9,12-13,15-16,28H2,1H3,(H,29,33)(H,31,32);1H/t18-,20-,23?;. The van der Waals surface area contributed by atoms with Crippen molar-refractivity contribution in [1.82, 2.24) is 15.6 Å². The van der Waals surface area contributed by atoms with Crippen LogP contribution >= 0.6 is 28.3 Å². The monoisotopic (exact) mass is 582 g/mol. The maximum absolute atomic E-state index is 13.0. The van der Waals surface area contributed by atoms with Gasteiger partial charge in [0.1, 0.15) is 11.8 Å². The van der Waals surface area contributed by atoms with Crippen LogP contribution in [0.2, 0.25) is 0 Å². The summed E-state index contributed by atoms with van der Waals surface area (Å²) >= 11 is 3.36. The van der Waals surface area contributed by atoms with Gasteiger partial charge in [0.2, 0.25) is 17.7 Å². The van der Waals surface area contributed by atoms with Gasteiger partial charge in [-0.2, -0.15) is 0 Å². The molecule has 0 radical (unpaired) electrons. The minimum atomic E-state index is -0.682. The molecule has 1 aromatic heterocycles. The molecule has 1 atom stereocenters. The lowest BCUT2D eigenvalue weighted by molar-refractivity contribution is -0.131. The molecular formula is C26H36BrClN4O4. The maximum Gasteiger partial charge on any atom is 0.242 e. The summed E-state index contributed by atoms with van der Waals surface area (Å²) in [5, 5.41) is 5.94. The van der Waals surface area contributed by atoms with Crippen LogP contribution in [-0.4, -0.2) is 49.6 Å². The van der Waals surface area contributed by atoms with Crippen LogP contribution in [0.15, 0.2) is 47.1 Å².